The van der Waals surface area contributed by atoms with Gasteiger partial charge in [0.05, 0.1) is 0 Å². The van der Waals surface area contributed by atoms with Crippen molar-refractivity contribution in [2.45, 2.75) is 50.2 Å². The highest BCUT2D eigenvalue weighted by Crippen LogP contribution is 2.43. The zero-order valence-electron chi connectivity index (χ0n) is 14.5. The van der Waals surface area contributed by atoms with Crippen LogP contribution in [0.3, 0.4) is 0 Å². The summed E-state index contributed by atoms with van der Waals surface area (Å²) in [6.45, 7) is 3.43. The van der Waals surface area contributed by atoms with E-state index in [4.69, 9.17) is 11.6 Å². The number of benzene rings is 2. The molecule has 2 aromatic rings. The Morgan fingerprint density at radius 1 is 1.24 bits per heavy atom. The van der Waals surface area contributed by atoms with Crippen molar-refractivity contribution < 1.29 is 4.39 Å². The molecule has 2 aromatic carbocycles. The van der Waals surface area contributed by atoms with Crippen molar-refractivity contribution in [3.63, 3.8) is 0 Å². The first-order valence-electron chi connectivity index (χ1n) is 9.08. The number of halogens is 2. The van der Waals surface area contributed by atoms with Gasteiger partial charge in [-0.1, -0.05) is 29.8 Å². The van der Waals surface area contributed by atoms with Crippen LogP contribution in [0.15, 0.2) is 48.5 Å². The maximum atomic E-state index is 13.3. The van der Waals surface area contributed by atoms with Crippen molar-refractivity contribution in [1.29, 1.82) is 0 Å². The number of hydrogen-bond acceptors (Lipinski definition) is 2. The molecule has 0 unspecified atom stereocenters. The summed E-state index contributed by atoms with van der Waals surface area (Å²) < 4.78 is 13.3. The number of piperidine rings is 1. The first-order chi connectivity index (χ1) is 12.0. The number of hydrogen-bond donors (Lipinski definition) is 1. The van der Waals surface area contributed by atoms with E-state index in [1.165, 1.54) is 24.1 Å². The first kappa shape index (κ1) is 16.9. The zero-order valence-corrected chi connectivity index (χ0v) is 15.3. The van der Waals surface area contributed by atoms with Crippen LogP contribution in [0.4, 0.5) is 10.1 Å². The second-order valence-corrected chi connectivity index (χ2v) is 8.06. The average molecular weight is 359 g/mol. The predicted molar refractivity (Wildman–Crippen MR) is 102 cm³/mol. The van der Waals surface area contributed by atoms with Gasteiger partial charge in [-0.05, 0) is 75.0 Å². The molecule has 3 atom stereocenters. The Bertz CT molecular complexity index is 748. The Morgan fingerprint density at radius 3 is 2.80 bits per heavy atom. The van der Waals surface area contributed by atoms with Crippen LogP contribution in [-0.2, 0) is 6.42 Å². The van der Waals surface area contributed by atoms with Crippen LogP contribution < -0.4 is 10.2 Å². The lowest BCUT2D eigenvalue weighted by atomic mass is 9.88. The highest BCUT2D eigenvalue weighted by atomic mass is 35.5. The van der Waals surface area contributed by atoms with Gasteiger partial charge in [-0.25, -0.2) is 4.39 Å². The Morgan fingerprint density at radius 2 is 2.04 bits per heavy atom. The summed E-state index contributed by atoms with van der Waals surface area (Å²) in [5.41, 5.74) is 2.35. The molecule has 0 amide bonds. The van der Waals surface area contributed by atoms with Gasteiger partial charge in [0.1, 0.15) is 5.82 Å². The standard InChI is InChI=1S/C21H24ClFN2/c1-21(13-15-7-9-17(23)10-8-15)14-19-20(6-3-11-24-19)25(21)18-5-2-4-16(22)12-18/h2,4-5,7-10,12,19-20,24H,3,6,11,13-14H2,1H3/t19-,20-,21+/m0/s1. The first-order valence-corrected chi connectivity index (χ1v) is 9.46. The summed E-state index contributed by atoms with van der Waals surface area (Å²) in [6.07, 6.45) is 4.38. The molecule has 0 bridgehead atoms. The third-order valence-electron chi connectivity index (χ3n) is 5.71. The fourth-order valence-electron chi connectivity index (χ4n) is 4.75. The highest BCUT2D eigenvalue weighted by Gasteiger charge is 2.49. The summed E-state index contributed by atoms with van der Waals surface area (Å²) in [7, 11) is 0. The Balaban J connectivity index is 1.71. The summed E-state index contributed by atoms with van der Waals surface area (Å²) in [6, 6.07) is 16.1. The second kappa shape index (κ2) is 6.62. The molecule has 1 N–H and O–H groups in total. The van der Waals surface area contributed by atoms with Crippen LogP contribution in [0.5, 0.6) is 0 Å². The molecule has 132 valence electrons. The van der Waals surface area contributed by atoms with Crippen molar-refractivity contribution >= 4 is 17.3 Å². The van der Waals surface area contributed by atoms with Crippen molar-refractivity contribution in [2.75, 3.05) is 11.4 Å². The van der Waals surface area contributed by atoms with Crippen LogP contribution in [0.1, 0.15) is 31.7 Å². The maximum absolute atomic E-state index is 13.3. The summed E-state index contributed by atoms with van der Waals surface area (Å²) >= 11 is 6.29. The Labute approximate surface area is 154 Å². The smallest absolute Gasteiger partial charge is 0.123 e. The van der Waals surface area contributed by atoms with Gasteiger partial charge in [0.2, 0.25) is 0 Å². The number of fused-ring (bicyclic) bond motifs is 1. The maximum Gasteiger partial charge on any atom is 0.123 e. The van der Waals surface area contributed by atoms with Crippen LogP contribution in [0.2, 0.25) is 5.02 Å². The number of rotatable bonds is 3. The lowest BCUT2D eigenvalue weighted by Gasteiger charge is -2.42. The van der Waals surface area contributed by atoms with Crippen molar-refractivity contribution in [1.82, 2.24) is 5.32 Å². The lowest BCUT2D eigenvalue weighted by Crippen LogP contribution is -2.50. The molecule has 0 aromatic heterocycles. The molecule has 4 rings (SSSR count). The molecule has 2 saturated heterocycles. The van der Waals surface area contributed by atoms with Gasteiger partial charge in [-0.3, -0.25) is 0 Å². The minimum atomic E-state index is -0.178. The molecule has 2 aliphatic rings. The quantitative estimate of drug-likeness (QED) is 0.846. The van der Waals surface area contributed by atoms with E-state index >= 15 is 0 Å². The van der Waals surface area contributed by atoms with Crippen molar-refractivity contribution in [3.8, 4) is 0 Å². The zero-order chi connectivity index (χ0) is 17.4. The van der Waals surface area contributed by atoms with Gasteiger partial charge in [-0.15, -0.1) is 0 Å². The van der Waals surface area contributed by atoms with Crippen LogP contribution in [0.25, 0.3) is 0 Å². The molecule has 0 spiro atoms. The molecular weight excluding hydrogens is 335 g/mol. The predicted octanol–water partition coefficient (Wildman–Crippen LogP) is 4.81. The minimum absolute atomic E-state index is 0.0187. The highest BCUT2D eigenvalue weighted by molar-refractivity contribution is 6.30. The van der Waals surface area contributed by atoms with E-state index in [1.807, 2.05) is 24.3 Å². The molecule has 0 aliphatic carbocycles. The van der Waals surface area contributed by atoms with Gasteiger partial charge in [-0.2, -0.15) is 0 Å². The van der Waals surface area contributed by atoms with Gasteiger partial charge < -0.3 is 10.2 Å². The van der Waals surface area contributed by atoms with Gasteiger partial charge in [0.15, 0.2) is 0 Å². The summed E-state index contributed by atoms with van der Waals surface area (Å²) in [5.74, 6) is -0.178. The van der Waals surface area contributed by atoms with Crippen LogP contribution in [0, 0.1) is 5.82 Å². The normalized spacial score (nSPS) is 28.8. The third kappa shape index (κ3) is 3.28. The van der Waals surface area contributed by atoms with E-state index in [9.17, 15) is 4.39 Å². The summed E-state index contributed by atoms with van der Waals surface area (Å²) in [5, 5.41) is 4.48. The topological polar surface area (TPSA) is 15.3 Å². The molecule has 0 saturated carbocycles. The van der Waals surface area contributed by atoms with Crippen molar-refractivity contribution in [2.24, 2.45) is 0 Å². The van der Waals surface area contributed by atoms with Crippen LogP contribution in [-0.4, -0.2) is 24.2 Å². The molecule has 2 heterocycles. The van der Waals surface area contributed by atoms with Crippen LogP contribution >= 0.6 is 11.6 Å². The fourth-order valence-corrected chi connectivity index (χ4v) is 4.94. The largest absolute Gasteiger partial charge is 0.361 e. The van der Waals surface area contributed by atoms with Gasteiger partial charge >= 0.3 is 0 Å². The molecule has 0 radical (unpaired) electrons. The number of anilines is 1. The molecule has 4 heteroatoms. The summed E-state index contributed by atoms with van der Waals surface area (Å²) in [4.78, 5) is 2.57. The van der Waals surface area contributed by atoms with E-state index in [-0.39, 0.29) is 11.4 Å². The van der Waals surface area contributed by atoms with E-state index < -0.39 is 0 Å². The average Bonchev–Trinajstić information content (AvgIpc) is 2.88. The molecule has 2 nitrogen and oxygen atoms in total. The SMILES string of the molecule is C[C@@]1(Cc2ccc(F)cc2)C[C@@H]2NCCC[C@@H]2N1c1cccc(Cl)c1. The minimum Gasteiger partial charge on any atom is -0.361 e. The van der Waals surface area contributed by atoms with E-state index in [2.05, 4.69) is 29.3 Å². The third-order valence-corrected chi connectivity index (χ3v) is 5.94. The van der Waals surface area contributed by atoms with Gasteiger partial charge in [0, 0.05) is 28.3 Å². The van der Waals surface area contributed by atoms with E-state index in [0.717, 1.165) is 24.4 Å². The van der Waals surface area contributed by atoms with E-state index in [1.54, 1.807) is 12.1 Å². The molecule has 2 fully saturated rings. The fraction of sp³-hybridized carbons (Fsp3) is 0.429. The molecule has 2 aliphatic heterocycles. The van der Waals surface area contributed by atoms with E-state index in [0.29, 0.717) is 12.1 Å². The molecular formula is C21H24ClFN2. The number of nitrogens with one attached hydrogen (secondary N) is 1. The van der Waals surface area contributed by atoms with Gasteiger partial charge in [0.25, 0.3) is 0 Å². The Kier molecular flexibility index (Phi) is 4.47. The lowest BCUT2D eigenvalue weighted by molar-refractivity contribution is 0.381. The monoisotopic (exact) mass is 358 g/mol. The molecule has 25 heavy (non-hydrogen) atoms. The Hall–Kier alpha value is -1.58. The second-order valence-electron chi connectivity index (χ2n) is 7.62. The number of nitrogens with zero attached hydrogens (tertiary/aromatic N) is 1. The van der Waals surface area contributed by atoms with Crippen molar-refractivity contribution in [3.05, 3.63) is 64.9 Å².